The van der Waals surface area contributed by atoms with Gasteiger partial charge in [-0.1, -0.05) is 30.3 Å². The number of aliphatic hydroxyl groups excluding tert-OH is 1. The van der Waals surface area contributed by atoms with Crippen LogP contribution in [0, 0.1) is 0 Å². The SMILES string of the molecule is CO[C@H]1CC[C@@](CCO)(COCc2ccccc2)O1. The molecule has 2 atom stereocenters. The molecule has 1 aliphatic heterocycles. The monoisotopic (exact) mass is 266 g/mol. The molecule has 106 valence electrons. The van der Waals surface area contributed by atoms with Gasteiger partial charge in [-0.05, 0) is 12.0 Å². The van der Waals surface area contributed by atoms with E-state index in [1.165, 1.54) is 0 Å². The molecule has 4 nitrogen and oxygen atoms in total. The first-order chi connectivity index (χ1) is 9.28. The van der Waals surface area contributed by atoms with Gasteiger partial charge in [0.1, 0.15) is 0 Å². The van der Waals surface area contributed by atoms with E-state index in [2.05, 4.69) is 0 Å². The first-order valence-corrected chi connectivity index (χ1v) is 6.71. The van der Waals surface area contributed by atoms with Gasteiger partial charge in [0.25, 0.3) is 0 Å². The molecule has 1 N–H and O–H groups in total. The Morgan fingerprint density at radius 2 is 2.16 bits per heavy atom. The van der Waals surface area contributed by atoms with Crippen molar-refractivity contribution in [2.45, 2.75) is 37.8 Å². The van der Waals surface area contributed by atoms with Crippen LogP contribution in [0.5, 0.6) is 0 Å². The van der Waals surface area contributed by atoms with E-state index in [4.69, 9.17) is 14.2 Å². The highest BCUT2D eigenvalue weighted by Crippen LogP contribution is 2.34. The van der Waals surface area contributed by atoms with Crippen molar-refractivity contribution >= 4 is 0 Å². The molecule has 0 aromatic heterocycles. The third-order valence-corrected chi connectivity index (χ3v) is 3.52. The Hall–Kier alpha value is -0.940. The van der Waals surface area contributed by atoms with Gasteiger partial charge in [-0.2, -0.15) is 0 Å². The number of methoxy groups -OCH3 is 1. The number of rotatable bonds is 7. The molecule has 0 spiro atoms. The molecule has 1 fully saturated rings. The number of aliphatic hydroxyl groups is 1. The van der Waals surface area contributed by atoms with Crippen molar-refractivity contribution in [2.24, 2.45) is 0 Å². The van der Waals surface area contributed by atoms with Crippen LogP contribution >= 0.6 is 0 Å². The van der Waals surface area contributed by atoms with Gasteiger partial charge in [-0.15, -0.1) is 0 Å². The molecule has 0 unspecified atom stereocenters. The van der Waals surface area contributed by atoms with Crippen LogP contribution in [-0.2, 0) is 20.8 Å². The number of ether oxygens (including phenoxy) is 3. The minimum Gasteiger partial charge on any atom is -0.396 e. The van der Waals surface area contributed by atoms with Gasteiger partial charge >= 0.3 is 0 Å². The molecule has 0 aliphatic carbocycles. The van der Waals surface area contributed by atoms with Gasteiger partial charge in [-0.3, -0.25) is 0 Å². The van der Waals surface area contributed by atoms with E-state index in [0.717, 1.165) is 18.4 Å². The Balaban J connectivity index is 1.84. The van der Waals surface area contributed by atoms with Crippen LogP contribution in [0.25, 0.3) is 0 Å². The number of hydrogen-bond donors (Lipinski definition) is 1. The molecule has 0 radical (unpaired) electrons. The molecule has 1 aliphatic rings. The Morgan fingerprint density at radius 3 is 2.79 bits per heavy atom. The van der Waals surface area contributed by atoms with Crippen molar-refractivity contribution in [3.8, 4) is 0 Å². The summed E-state index contributed by atoms with van der Waals surface area (Å²) in [6.45, 7) is 1.16. The lowest BCUT2D eigenvalue weighted by molar-refractivity contribution is -0.179. The molecule has 1 saturated heterocycles. The fourth-order valence-corrected chi connectivity index (χ4v) is 2.44. The lowest BCUT2D eigenvalue weighted by Gasteiger charge is -2.28. The first-order valence-electron chi connectivity index (χ1n) is 6.71. The molecule has 0 amide bonds. The quantitative estimate of drug-likeness (QED) is 0.821. The summed E-state index contributed by atoms with van der Waals surface area (Å²) in [5.74, 6) is 0. The summed E-state index contributed by atoms with van der Waals surface area (Å²) in [5, 5.41) is 9.19. The van der Waals surface area contributed by atoms with Crippen molar-refractivity contribution in [3.63, 3.8) is 0 Å². The highest BCUT2D eigenvalue weighted by atomic mass is 16.7. The van der Waals surface area contributed by atoms with Crippen LogP contribution in [0.3, 0.4) is 0 Å². The van der Waals surface area contributed by atoms with E-state index in [1.807, 2.05) is 30.3 Å². The molecule has 0 bridgehead atoms. The Labute approximate surface area is 114 Å². The molecule has 19 heavy (non-hydrogen) atoms. The predicted molar refractivity (Wildman–Crippen MR) is 71.6 cm³/mol. The molecular formula is C15H22O4. The molecule has 1 aromatic rings. The van der Waals surface area contributed by atoms with Crippen LogP contribution in [-0.4, -0.2) is 37.3 Å². The Kier molecular flexibility index (Phi) is 5.34. The van der Waals surface area contributed by atoms with Gasteiger partial charge < -0.3 is 19.3 Å². The molecule has 4 heteroatoms. The second-order valence-electron chi connectivity index (χ2n) is 4.96. The maximum atomic E-state index is 9.19. The Bertz CT molecular complexity index is 368. The van der Waals surface area contributed by atoms with E-state index in [0.29, 0.717) is 19.6 Å². The number of benzene rings is 1. The van der Waals surface area contributed by atoms with Crippen molar-refractivity contribution in [1.82, 2.24) is 0 Å². The third kappa shape index (κ3) is 4.01. The maximum absolute atomic E-state index is 9.19. The third-order valence-electron chi connectivity index (χ3n) is 3.52. The smallest absolute Gasteiger partial charge is 0.158 e. The Morgan fingerprint density at radius 1 is 1.37 bits per heavy atom. The summed E-state index contributed by atoms with van der Waals surface area (Å²) in [6.07, 6.45) is 2.13. The van der Waals surface area contributed by atoms with Gasteiger partial charge in [0, 0.05) is 26.6 Å². The average molecular weight is 266 g/mol. The number of hydrogen-bond acceptors (Lipinski definition) is 4. The fraction of sp³-hybridized carbons (Fsp3) is 0.600. The molecule has 1 aromatic carbocycles. The zero-order valence-electron chi connectivity index (χ0n) is 11.4. The zero-order chi connectivity index (χ0) is 13.6. The summed E-state index contributed by atoms with van der Waals surface area (Å²) in [5.41, 5.74) is 0.743. The van der Waals surface area contributed by atoms with Crippen molar-refractivity contribution in [2.75, 3.05) is 20.3 Å². The fourth-order valence-electron chi connectivity index (χ4n) is 2.44. The normalized spacial score (nSPS) is 26.7. The van der Waals surface area contributed by atoms with Gasteiger partial charge in [0.05, 0.1) is 18.8 Å². The largest absolute Gasteiger partial charge is 0.396 e. The predicted octanol–water partition coefficient (Wildman–Crippen LogP) is 2.11. The van der Waals surface area contributed by atoms with Crippen LogP contribution in [0.4, 0.5) is 0 Å². The van der Waals surface area contributed by atoms with Crippen LogP contribution in [0.15, 0.2) is 30.3 Å². The topological polar surface area (TPSA) is 47.9 Å². The van der Waals surface area contributed by atoms with E-state index < -0.39 is 5.60 Å². The summed E-state index contributed by atoms with van der Waals surface area (Å²) in [7, 11) is 1.64. The lowest BCUT2D eigenvalue weighted by Crippen LogP contribution is -2.36. The van der Waals surface area contributed by atoms with Crippen LogP contribution in [0.2, 0.25) is 0 Å². The van der Waals surface area contributed by atoms with E-state index in [9.17, 15) is 5.11 Å². The molecule has 1 heterocycles. The van der Waals surface area contributed by atoms with Crippen molar-refractivity contribution in [3.05, 3.63) is 35.9 Å². The summed E-state index contributed by atoms with van der Waals surface area (Å²) >= 11 is 0. The van der Waals surface area contributed by atoms with Gasteiger partial charge in [0.2, 0.25) is 0 Å². The summed E-state index contributed by atoms with van der Waals surface area (Å²) in [4.78, 5) is 0. The van der Waals surface area contributed by atoms with Gasteiger partial charge in [0.15, 0.2) is 6.29 Å². The summed E-state index contributed by atoms with van der Waals surface area (Å²) in [6, 6.07) is 10.0. The minimum atomic E-state index is -0.399. The minimum absolute atomic E-state index is 0.102. The van der Waals surface area contributed by atoms with Gasteiger partial charge in [-0.25, -0.2) is 0 Å². The molecule has 2 rings (SSSR count). The maximum Gasteiger partial charge on any atom is 0.158 e. The summed E-state index contributed by atoms with van der Waals surface area (Å²) < 4.78 is 16.8. The van der Waals surface area contributed by atoms with E-state index >= 15 is 0 Å². The highest BCUT2D eigenvalue weighted by molar-refractivity contribution is 5.13. The van der Waals surface area contributed by atoms with Crippen LogP contribution < -0.4 is 0 Å². The van der Waals surface area contributed by atoms with Crippen molar-refractivity contribution in [1.29, 1.82) is 0 Å². The highest BCUT2D eigenvalue weighted by Gasteiger charge is 2.40. The first kappa shape index (κ1) is 14.5. The molecular weight excluding hydrogens is 244 g/mol. The lowest BCUT2D eigenvalue weighted by atomic mass is 9.97. The molecule has 0 saturated carbocycles. The van der Waals surface area contributed by atoms with E-state index in [1.54, 1.807) is 7.11 Å². The average Bonchev–Trinajstić information content (AvgIpc) is 2.84. The standard InChI is InChI=1S/C15H22O4/c1-17-14-7-8-15(19-14,9-10-16)12-18-11-13-5-3-2-4-6-13/h2-6,14,16H,7-12H2,1H3/t14-,15-/m1/s1. The zero-order valence-corrected chi connectivity index (χ0v) is 11.4. The second-order valence-corrected chi connectivity index (χ2v) is 4.96. The van der Waals surface area contributed by atoms with E-state index in [-0.39, 0.29) is 12.9 Å². The second kappa shape index (κ2) is 7.01. The van der Waals surface area contributed by atoms with Crippen LogP contribution in [0.1, 0.15) is 24.8 Å². The van der Waals surface area contributed by atoms with Crippen molar-refractivity contribution < 1.29 is 19.3 Å².